The molecule has 0 aliphatic rings. The van der Waals surface area contributed by atoms with Gasteiger partial charge < -0.3 is 10.1 Å². The Bertz CT molecular complexity index is 376. The van der Waals surface area contributed by atoms with Gasteiger partial charge in [-0.1, -0.05) is 0 Å². The van der Waals surface area contributed by atoms with Crippen molar-refractivity contribution >= 4 is 17.5 Å². The summed E-state index contributed by atoms with van der Waals surface area (Å²) in [5.41, 5.74) is 0.632. The first-order valence-corrected chi connectivity index (χ1v) is 6.64. The first kappa shape index (κ1) is 14.8. The van der Waals surface area contributed by atoms with Crippen molar-refractivity contribution in [2.45, 2.75) is 38.6 Å². The highest BCUT2D eigenvalue weighted by atomic mass is 35.5. The number of rotatable bonds is 6. The van der Waals surface area contributed by atoms with Crippen LogP contribution in [0.3, 0.4) is 0 Å². The van der Waals surface area contributed by atoms with Crippen molar-refractivity contribution in [3.63, 3.8) is 0 Å². The van der Waals surface area contributed by atoms with Crippen LogP contribution in [0.2, 0.25) is 0 Å². The number of halogens is 1. The fraction of sp³-hybridized carbons (Fsp3) is 0.500. The maximum atomic E-state index is 11.9. The first-order valence-electron chi connectivity index (χ1n) is 6.20. The smallest absolute Gasteiger partial charge is 0.251 e. The van der Waals surface area contributed by atoms with Gasteiger partial charge in [0.1, 0.15) is 5.75 Å². The standard InChI is InChI=1S/C14H20ClNO2/c1-4-18-13-7-5-12(6-8-13)14(17)16-11(3)9-10(2)15/h5-8,10-11H,4,9H2,1-3H3,(H,16,17). The molecule has 1 N–H and O–H groups in total. The van der Waals surface area contributed by atoms with E-state index >= 15 is 0 Å². The Hall–Kier alpha value is -1.22. The Labute approximate surface area is 113 Å². The van der Waals surface area contributed by atoms with Crippen LogP contribution in [0.15, 0.2) is 24.3 Å². The molecule has 2 atom stereocenters. The Balaban J connectivity index is 2.56. The van der Waals surface area contributed by atoms with Crippen molar-refractivity contribution in [3.8, 4) is 5.75 Å². The summed E-state index contributed by atoms with van der Waals surface area (Å²) in [6.07, 6.45) is 0.754. The van der Waals surface area contributed by atoms with Gasteiger partial charge in [-0.15, -0.1) is 11.6 Å². The normalized spacial score (nSPS) is 13.8. The van der Waals surface area contributed by atoms with Gasteiger partial charge in [-0.25, -0.2) is 0 Å². The van der Waals surface area contributed by atoms with Crippen molar-refractivity contribution < 1.29 is 9.53 Å². The largest absolute Gasteiger partial charge is 0.494 e. The van der Waals surface area contributed by atoms with Crippen molar-refractivity contribution in [1.82, 2.24) is 5.32 Å². The van der Waals surface area contributed by atoms with E-state index in [2.05, 4.69) is 5.32 Å². The molecule has 4 heteroatoms. The van der Waals surface area contributed by atoms with Gasteiger partial charge in [0.25, 0.3) is 5.91 Å². The zero-order valence-corrected chi connectivity index (χ0v) is 11.8. The molecule has 0 heterocycles. The number of hydrogen-bond acceptors (Lipinski definition) is 2. The van der Waals surface area contributed by atoms with Gasteiger partial charge in [0.2, 0.25) is 0 Å². The topological polar surface area (TPSA) is 38.3 Å². The Morgan fingerprint density at radius 1 is 1.33 bits per heavy atom. The lowest BCUT2D eigenvalue weighted by molar-refractivity contribution is 0.0938. The van der Waals surface area contributed by atoms with Crippen LogP contribution in [0.4, 0.5) is 0 Å². The van der Waals surface area contributed by atoms with Crippen molar-refractivity contribution in [2.75, 3.05) is 6.61 Å². The van der Waals surface area contributed by atoms with Gasteiger partial charge in [0.15, 0.2) is 0 Å². The SMILES string of the molecule is CCOc1ccc(C(=O)NC(C)CC(C)Cl)cc1. The zero-order chi connectivity index (χ0) is 13.5. The van der Waals surface area contributed by atoms with Crippen molar-refractivity contribution in [2.24, 2.45) is 0 Å². The average Bonchev–Trinajstić information content (AvgIpc) is 2.29. The van der Waals surface area contributed by atoms with Crippen LogP contribution in [0.5, 0.6) is 5.75 Å². The third-order valence-corrected chi connectivity index (χ3v) is 2.66. The molecule has 0 fully saturated rings. The predicted molar refractivity (Wildman–Crippen MR) is 74.5 cm³/mol. The number of ether oxygens (including phenoxy) is 1. The van der Waals surface area contributed by atoms with Crippen LogP contribution in [-0.4, -0.2) is 23.9 Å². The molecule has 0 aliphatic heterocycles. The summed E-state index contributed by atoms with van der Waals surface area (Å²) in [6, 6.07) is 7.19. The molecule has 0 spiro atoms. The zero-order valence-electron chi connectivity index (χ0n) is 11.1. The minimum Gasteiger partial charge on any atom is -0.494 e. The Kier molecular flexibility index (Phi) is 5.99. The minimum atomic E-state index is -0.0807. The molecule has 2 unspecified atom stereocenters. The second-order valence-electron chi connectivity index (χ2n) is 4.35. The van der Waals surface area contributed by atoms with Crippen LogP contribution < -0.4 is 10.1 Å². The summed E-state index contributed by atoms with van der Waals surface area (Å²) in [5, 5.41) is 2.97. The number of alkyl halides is 1. The van der Waals surface area contributed by atoms with E-state index in [-0.39, 0.29) is 17.3 Å². The quantitative estimate of drug-likeness (QED) is 0.806. The number of nitrogens with one attached hydrogen (secondary N) is 1. The summed E-state index contributed by atoms with van der Waals surface area (Å²) < 4.78 is 5.33. The average molecular weight is 270 g/mol. The van der Waals surface area contributed by atoms with Gasteiger partial charge in [-0.3, -0.25) is 4.79 Å². The molecule has 1 aromatic rings. The van der Waals surface area contributed by atoms with E-state index in [1.165, 1.54) is 0 Å². The van der Waals surface area contributed by atoms with E-state index in [1.54, 1.807) is 24.3 Å². The summed E-state index contributed by atoms with van der Waals surface area (Å²) in [6.45, 7) is 6.41. The molecular formula is C14H20ClNO2. The van der Waals surface area contributed by atoms with Crippen molar-refractivity contribution in [3.05, 3.63) is 29.8 Å². The number of benzene rings is 1. The molecule has 1 rings (SSSR count). The number of carbonyl (C=O) groups excluding carboxylic acids is 1. The molecule has 0 radical (unpaired) electrons. The lowest BCUT2D eigenvalue weighted by Gasteiger charge is -2.15. The predicted octanol–water partition coefficient (Wildman–Crippen LogP) is 3.22. The highest BCUT2D eigenvalue weighted by Crippen LogP contribution is 2.12. The number of carbonyl (C=O) groups is 1. The highest BCUT2D eigenvalue weighted by Gasteiger charge is 2.11. The van der Waals surface area contributed by atoms with E-state index in [4.69, 9.17) is 16.3 Å². The third-order valence-electron chi connectivity index (χ3n) is 2.48. The highest BCUT2D eigenvalue weighted by molar-refractivity contribution is 6.20. The molecule has 1 aromatic carbocycles. The fourth-order valence-corrected chi connectivity index (χ4v) is 1.99. The lowest BCUT2D eigenvalue weighted by Crippen LogP contribution is -2.33. The van der Waals surface area contributed by atoms with Gasteiger partial charge >= 0.3 is 0 Å². The molecule has 0 saturated heterocycles. The van der Waals surface area contributed by atoms with Crippen molar-refractivity contribution in [1.29, 1.82) is 0 Å². The molecule has 0 saturated carbocycles. The molecule has 0 bridgehead atoms. The van der Waals surface area contributed by atoms with Gasteiger partial charge in [-0.05, 0) is 51.5 Å². The van der Waals surface area contributed by atoms with E-state index in [0.29, 0.717) is 12.2 Å². The fourth-order valence-electron chi connectivity index (χ4n) is 1.72. The van der Waals surface area contributed by atoms with E-state index < -0.39 is 0 Å². The van der Waals surface area contributed by atoms with Crippen LogP contribution >= 0.6 is 11.6 Å². The minimum absolute atomic E-state index is 0.0561. The summed E-state index contributed by atoms with van der Waals surface area (Å²) in [7, 11) is 0. The van der Waals surface area contributed by atoms with Gasteiger partial charge in [0, 0.05) is 17.0 Å². The molecule has 0 aromatic heterocycles. The lowest BCUT2D eigenvalue weighted by atomic mass is 10.1. The molecule has 100 valence electrons. The number of amides is 1. The Morgan fingerprint density at radius 2 is 1.94 bits per heavy atom. The Morgan fingerprint density at radius 3 is 2.44 bits per heavy atom. The maximum absolute atomic E-state index is 11.9. The monoisotopic (exact) mass is 269 g/mol. The van der Waals surface area contributed by atoms with Crippen LogP contribution in [0, 0.1) is 0 Å². The third kappa shape index (κ3) is 4.96. The van der Waals surface area contributed by atoms with Crippen LogP contribution in [0.25, 0.3) is 0 Å². The summed E-state index contributed by atoms with van der Waals surface area (Å²) >= 11 is 5.89. The summed E-state index contributed by atoms with van der Waals surface area (Å²) in [4.78, 5) is 11.9. The molecule has 0 aliphatic carbocycles. The van der Waals surface area contributed by atoms with Crippen LogP contribution in [-0.2, 0) is 0 Å². The van der Waals surface area contributed by atoms with Gasteiger partial charge in [0.05, 0.1) is 6.61 Å². The molecular weight excluding hydrogens is 250 g/mol. The van der Waals surface area contributed by atoms with E-state index in [1.807, 2.05) is 20.8 Å². The first-order chi connectivity index (χ1) is 8.52. The maximum Gasteiger partial charge on any atom is 0.251 e. The molecule has 3 nitrogen and oxygen atoms in total. The second-order valence-corrected chi connectivity index (χ2v) is 5.09. The van der Waals surface area contributed by atoms with E-state index in [9.17, 15) is 4.79 Å². The second kappa shape index (κ2) is 7.27. The van der Waals surface area contributed by atoms with Gasteiger partial charge in [-0.2, -0.15) is 0 Å². The van der Waals surface area contributed by atoms with E-state index in [0.717, 1.165) is 12.2 Å². The summed E-state index contributed by atoms with van der Waals surface area (Å²) in [5.74, 6) is 0.694. The van der Waals surface area contributed by atoms with Crippen LogP contribution in [0.1, 0.15) is 37.6 Å². The molecule has 1 amide bonds. The number of hydrogen-bond donors (Lipinski definition) is 1. The molecule has 18 heavy (non-hydrogen) atoms.